The summed E-state index contributed by atoms with van der Waals surface area (Å²) in [6.07, 6.45) is 6.11. The molecule has 3 fully saturated rings. The lowest BCUT2D eigenvalue weighted by Crippen LogP contribution is -2.45. The highest BCUT2D eigenvalue weighted by atomic mass is 32.1. The minimum absolute atomic E-state index is 0.00730. The van der Waals surface area contributed by atoms with E-state index in [0.717, 1.165) is 69.2 Å². The molecule has 1 aromatic carbocycles. The largest absolute Gasteiger partial charge is 0.381 e. The number of nitrogens with one attached hydrogen (secondary N) is 1. The van der Waals surface area contributed by atoms with Gasteiger partial charge in [0.05, 0.1) is 23.4 Å². The van der Waals surface area contributed by atoms with Gasteiger partial charge in [0.1, 0.15) is 11.0 Å². The Morgan fingerprint density at radius 2 is 1.93 bits per heavy atom. The lowest BCUT2D eigenvalue weighted by molar-refractivity contribution is -0.129. The fraction of sp³-hybridized carbons (Fsp3) is 0.682. The second-order valence-electron chi connectivity index (χ2n) is 8.96. The average molecular weight is 431 g/mol. The van der Waals surface area contributed by atoms with Crippen LogP contribution in [-0.4, -0.2) is 64.1 Å². The number of carbonyl (C=O) groups is 1. The van der Waals surface area contributed by atoms with E-state index in [-0.39, 0.29) is 23.5 Å². The number of amides is 1. The highest BCUT2D eigenvalue weighted by Gasteiger charge is 2.42. The van der Waals surface area contributed by atoms with Crippen molar-refractivity contribution in [3.05, 3.63) is 23.8 Å². The maximum absolute atomic E-state index is 12.4. The summed E-state index contributed by atoms with van der Waals surface area (Å²) >= 11 is 1.27. The molecule has 3 aliphatic rings. The molecular weight excluding hydrogens is 400 g/mol. The molecule has 1 atom stereocenters. The summed E-state index contributed by atoms with van der Waals surface area (Å²) in [5, 5.41) is 3.13. The molecule has 30 heavy (non-hydrogen) atoms. The van der Waals surface area contributed by atoms with Crippen LogP contribution in [0, 0.1) is 5.92 Å². The molecule has 2 aromatic rings. The SMILES string of the molecule is O=C(NC[C@H]1CCC2(CCN(Cc3ccc4nsnc4c3)CC2)O1)C1CCOCC1. The molecule has 7 nitrogen and oxygen atoms in total. The van der Waals surface area contributed by atoms with Crippen molar-refractivity contribution in [3.8, 4) is 0 Å². The van der Waals surface area contributed by atoms with Gasteiger partial charge in [-0.3, -0.25) is 9.69 Å². The van der Waals surface area contributed by atoms with Crippen LogP contribution in [0.1, 0.15) is 44.1 Å². The molecule has 1 spiro atoms. The molecule has 1 amide bonds. The van der Waals surface area contributed by atoms with Crippen molar-refractivity contribution in [2.75, 3.05) is 32.8 Å². The minimum Gasteiger partial charge on any atom is -0.381 e. The minimum atomic E-state index is 0.00730. The predicted octanol–water partition coefficient (Wildman–Crippen LogP) is 2.75. The topological polar surface area (TPSA) is 76.6 Å². The quantitative estimate of drug-likeness (QED) is 0.786. The molecule has 5 rings (SSSR count). The van der Waals surface area contributed by atoms with Gasteiger partial charge in [0.15, 0.2) is 0 Å². The van der Waals surface area contributed by atoms with E-state index in [1.165, 1.54) is 17.3 Å². The Bertz CT molecular complexity index is 874. The molecular formula is C22H30N4O3S. The van der Waals surface area contributed by atoms with Crippen LogP contribution in [-0.2, 0) is 20.8 Å². The van der Waals surface area contributed by atoms with Crippen LogP contribution in [0.3, 0.4) is 0 Å². The molecule has 8 heteroatoms. The maximum Gasteiger partial charge on any atom is 0.223 e. The Kier molecular flexibility index (Phi) is 6.00. The van der Waals surface area contributed by atoms with Gasteiger partial charge in [-0.2, -0.15) is 8.75 Å². The highest BCUT2D eigenvalue weighted by Crippen LogP contribution is 2.39. The second kappa shape index (κ2) is 8.86. The monoisotopic (exact) mass is 430 g/mol. The Labute approximate surface area is 181 Å². The molecule has 0 bridgehead atoms. The summed E-state index contributed by atoms with van der Waals surface area (Å²) in [5.74, 6) is 0.279. The van der Waals surface area contributed by atoms with Crippen molar-refractivity contribution in [2.24, 2.45) is 5.92 Å². The molecule has 162 valence electrons. The zero-order valence-corrected chi connectivity index (χ0v) is 18.2. The molecule has 4 heterocycles. The number of piperidine rings is 1. The number of benzene rings is 1. The summed E-state index contributed by atoms with van der Waals surface area (Å²) in [4.78, 5) is 14.9. The van der Waals surface area contributed by atoms with Gasteiger partial charge in [0.2, 0.25) is 5.91 Å². The number of carbonyl (C=O) groups excluding carboxylic acids is 1. The Morgan fingerprint density at radius 3 is 2.77 bits per heavy atom. The summed E-state index contributed by atoms with van der Waals surface area (Å²) in [7, 11) is 0. The van der Waals surface area contributed by atoms with Gasteiger partial charge in [-0.05, 0) is 56.2 Å². The number of fused-ring (bicyclic) bond motifs is 1. The fourth-order valence-electron chi connectivity index (χ4n) is 5.03. The van der Waals surface area contributed by atoms with E-state index in [4.69, 9.17) is 9.47 Å². The molecule has 1 aromatic heterocycles. The molecule has 3 saturated heterocycles. The number of hydrogen-bond acceptors (Lipinski definition) is 7. The van der Waals surface area contributed by atoms with E-state index in [1.54, 1.807) is 0 Å². The van der Waals surface area contributed by atoms with E-state index in [1.807, 2.05) is 0 Å². The molecule has 0 unspecified atom stereocenters. The van der Waals surface area contributed by atoms with E-state index in [2.05, 4.69) is 37.2 Å². The molecule has 0 aliphatic carbocycles. The Morgan fingerprint density at radius 1 is 1.13 bits per heavy atom. The van der Waals surface area contributed by atoms with Crippen molar-refractivity contribution < 1.29 is 14.3 Å². The molecule has 1 N–H and O–H groups in total. The van der Waals surface area contributed by atoms with Gasteiger partial charge in [-0.1, -0.05) is 6.07 Å². The standard InChI is InChI=1S/C22H30N4O3S/c27-21(17-4-11-28-12-5-17)23-14-18-3-6-22(29-18)7-9-26(10-8-22)15-16-1-2-19-20(13-16)25-30-24-19/h1-2,13,17-18H,3-12,14-15H2,(H,23,27)/t18-/m1/s1. The zero-order valence-electron chi connectivity index (χ0n) is 17.3. The van der Waals surface area contributed by atoms with Crippen LogP contribution in [0.4, 0.5) is 0 Å². The number of rotatable bonds is 5. The van der Waals surface area contributed by atoms with Crippen LogP contribution in [0.5, 0.6) is 0 Å². The number of ether oxygens (including phenoxy) is 2. The van der Waals surface area contributed by atoms with Crippen LogP contribution in [0.15, 0.2) is 18.2 Å². The number of nitrogens with zero attached hydrogens (tertiary/aromatic N) is 3. The highest BCUT2D eigenvalue weighted by molar-refractivity contribution is 7.00. The Balaban J connectivity index is 1.08. The Hall–Kier alpha value is -1.61. The van der Waals surface area contributed by atoms with Crippen LogP contribution in [0.25, 0.3) is 11.0 Å². The van der Waals surface area contributed by atoms with Gasteiger partial charge >= 0.3 is 0 Å². The summed E-state index contributed by atoms with van der Waals surface area (Å²) in [6, 6.07) is 6.39. The number of hydrogen-bond donors (Lipinski definition) is 1. The first-order valence-electron chi connectivity index (χ1n) is 11.2. The van der Waals surface area contributed by atoms with Crippen LogP contribution in [0.2, 0.25) is 0 Å². The van der Waals surface area contributed by atoms with E-state index >= 15 is 0 Å². The zero-order chi connectivity index (χ0) is 20.4. The lowest BCUT2D eigenvalue weighted by Gasteiger charge is -2.39. The third-order valence-corrected chi connectivity index (χ3v) is 7.48. The molecule has 0 radical (unpaired) electrons. The molecule has 0 saturated carbocycles. The average Bonchev–Trinajstić information content (AvgIpc) is 3.41. The van der Waals surface area contributed by atoms with E-state index < -0.39 is 0 Å². The van der Waals surface area contributed by atoms with Gasteiger partial charge in [0, 0.05) is 45.3 Å². The van der Waals surface area contributed by atoms with Crippen molar-refractivity contribution in [1.29, 1.82) is 0 Å². The van der Waals surface area contributed by atoms with E-state index in [9.17, 15) is 4.79 Å². The third-order valence-electron chi connectivity index (χ3n) is 6.93. The maximum atomic E-state index is 12.4. The normalized spacial score (nSPS) is 25.1. The van der Waals surface area contributed by atoms with Crippen molar-refractivity contribution in [1.82, 2.24) is 19.0 Å². The van der Waals surface area contributed by atoms with Crippen molar-refractivity contribution >= 4 is 28.7 Å². The smallest absolute Gasteiger partial charge is 0.223 e. The first kappa shape index (κ1) is 20.3. The van der Waals surface area contributed by atoms with E-state index in [0.29, 0.717) is 19.8 Å². The first-order valence-corrected chi connectivity index (χ1v) is 11.9. The van der Waals surface area contributed by atoms with Gasteiger partial charge in [0.25, 0.3) is 0 Å². The summed E-state index contributed by atoms with van der Waals surface area (Å²) < 4.78 is 20.5. The number of likely N-dealkylation sites (tertiary alicyclic amines) is 1. The second-order valence-corrected chi connectivity index (χ2v) is 9.49. The van der Waals surface area contributed by atoms with Crippen LogP contribution >= 0.6 is 11.7 Å². The van der Waals surface area contributed by atoms with Gasteiger partial charge < -0.3 is 14.8 Å². The predicted molar refractivity (Wildman–Crippen MR) is 115 cm³/mol. The summed E-state index contributed by atoms with van der Waals surface area (Å²) in [6.45, 7) is 5.10. The van der Waals surface area contributed by atoms with Gasteiger partial charge in [-0.15, -0.1) is 0 Å². The summed E-state index contributed by atoms with van der Waals surface area (Å²) in [5.41, 5.74) is 3.28. The van der Waals surface area contributed by atoms with Gasteiger partial charge in [-0.25, -0.2) is 0 Å². The van der Waals surface area contributed by atoms with Crippen LogP contribution < -0.4 is 5.32 Å². The number of aromatic nitrogens is 2. The third kappa shape index (κ3) is 4.51. The van der Waals surface area contributed by atoms with Crippen molar-refractivity contribution in [2.45, 2.75) is 56.8 Å². The first-order chi connectivity index (χ1) is 14.7. The fourth-order valence-corrected chi connectivity index (χ4v) is 5.55. The molecule has 3 aliphatic heterocycles. The van der Waals surface area contributed by atoms with Crippen molar-refractivity contribution in [3.63, 3.8) is 0 Å². The lowest BCUT2D eigenvalue weighted by atomic mass is 9.88.